The van der Waals surface area contributed by atoms with Gasteiger partial charge in [0.05, 0.1) is 13.7 Å². The van der Waals surface area contributed by atoms with Crippen molar-refractivity contribution in [3.8, 4) is 5.75 Å². The Morgan fingerprint density at radius 1 is 1.42 bits per heavy atom. The lowest BCUT2D eigenvalue weighted by atomic mass is 10.2. The summed E-state index contributed by atoms with van der Waals surface area (Å²) in [7, 11) is 1.60. The number of methoxy groups -OCH3 is 1. The molecule has 0 unspecified atom stereocenters. The highest BCUT2D eigenvalue weighted by atomic mass is 19.3. The van der Waals surface area contributed by atoms with Crippen LogP contribution in [0, 0.1) is 6.92 Å². The Kier molecular flexibility index (Phi) is 3.99. The molecule has 0 bridgehead atoms. The molecular weight excluding hydrogens is 252 g/mol. The highest BCUT2D eigenvalue weighted by Crippen LogP contribution is 2.22. The van der Waals surface area contributed by atoms with E-state index in [9.17, 15) is 8.78 Å². The van der Waals surface area contributed by atoms with Crippen LogP contribution in [0.15, 0.2) is 30.6 Å². The summed E-state index contributed by atoms with van der Waals surface area (Å²) in [5.74, 6) is 1.06. The summed E-state index contributed by atoms with van der Waals surface area (Å²) < 4.78 is 31.2. The number of nitrogens with one attached hydrogen (secondary N) is 1. The van der Waals surface area contributed by atoms with Crippen LogP contribution in [0.4, 0.5) is 14.5 Å². The second-order valence-electron chi connectivity index (χ2n) is 4.06. The molecule has 0 aliphatic heterocycles. The lowest BCUT2D eigenvalue weighted by molar-refractivity contribution is 0.0673. The maximum atomic E-state index is 12.6. The summed E-state index contributed by atoms with van der Waals surface area (Å²) in [4.78, 5) is 3.91. The molecule has 6 heteroatoms. The fraction of sp³-hybridized carbons (Fsp3) is 0.308. The number of ether oxygens (including phenoxy) is 1. The second-order valence-corrected chi connectivity index (χ2v) is 4.06. The van der Waals surface area contributed by atoms with Gasteiger partial charge in [-0.25, -0.2) is 4.98 Å². The van der Waals surface area contributed by atoms with Gasteiger partial charge in [-0.3, -0.25) is 4.57 Å². The van der Waals surface area contributed by atoms with Crippen molar-refractivity contribution in [1.29, 1.82) is 0 Å². The molecule has 0 fully saturated rings. The van der Waals surface area contributed by atoms with Crippen LogP contribution in [-0.2, 0) is 6.54 Å². The zero-order chi connectivity index (χ0) is 13.8. The number of aromatic nitrogens is 2. The minimum absolute atomic E-state index is 0.241. The van der Waals surface area contributed by atoms with Gasteiger partial charge in [0.25, 0.3) is 0 Å². The van der Waals surface area contributed by atoms with E-state index >= 15 is 0 Å². The molecule has 1 aromatic heterocycles. The van der Waals surface area contributed by atoms with Crippen molar-refractivity contribution >= 4 is 5.69 Å². The van der Waals surface area contributed by atoms with Crippen LogP contribution in [0.25, 0.3) is 0 Å². The summed E-state index contributed by atoms with van der Waals surface area (Å²) in [6.07, 6.45) is 2.63. The van der Waals surface area contributed by atoms with Gasteiger partial charge in [0.1, 0.15) is 11.6 Å². The number of rotatable bonds is 5. The molecule has 19 heavy (non-hydrogen) atoms. The Hall–Kier alpha value is -2.11. The zero-order valence-corrected chi connectivity index (χ0v) is 10.7. The quantitative estimate of drug-likeness (QED) is 0.904. The number of nitrogens with zero attached hydrogens (tertiary/aromatic N) is 2. The second kappa shape index (κ2) is 5.69. The Morgan fingerprint density at radius 2 is 2.21 bits per heavy atom. The standard InChI is InChI=1S/C13H15F2N3O/c1-9-7-10(19-2)3-4-11(9)17-8-12-16-5-6-18(12)13(14)15/h3-7,13,17H,8H2,1-2H3. The van der Waals surface area contributed by atoms with Crippen LogP contribution in [0.3, 0.4) is 0 Å². The van der Waals surface area contributed by atoms with E-state index in [4.69, 9.17) is 4.74 Å². The topological polar surface area (TPSA) is 39.1 Å². The minimum Gasteiger partial charge on any atom is -0.497 e. The third kappa shape index (κ3) is 3.01. The van der Waals surface area contributed by atoms with Gasteiger partial charge in [-0.05, 0) is 30.7 Å². The molecule has 0 saturated carbocycles. The Balaban J connectivity index is 2.08. The molecular formula is C13H15F2N3O. The molecule has 2 rings (SSSR count). The van der Waals surface area contributed by atoms with Gasteiger partial charge in [-0.2, -0.15) is 8.78 Å². The predicted molar refractivity (Wildman–Crippen MR) is 68.5 cm³/mol. The van der Waals surface area contributed by atoms with Gasteiger partial charge in [0, 0.05) is 18.1 Å². The van der Waals surface area contributed by atoms with Crippen LogP contribution in [0.2, 0.25) is 0 Å². The number of alkyl halides is 2. The fourth-order valence-corrected chi connectivity index (χ4v) is 1.79. The molecule has 4 nitrogen and oxygen atoms in total. The van der Waals surface area contributed by atoms with Crippen molar-refractivity contribution < 1.29 is 13.5 Å². The van der Waals surface area contributed by atoms with Crippen molar-refractivity contribution in [1.82, 2.24) is 9.55 Å². The molecule has 0 aliphatic carbocycles. The van der Waals surface area contributed by atoms with E-state index in [1.54, 1.807) is 7.11 Å². The summed E-state index contributed by atoms with van der Waals surface area (Å²) in [5, 5.41) is 3.09. The maximum absolute atomic E-state index is 12.6. The number of imidazole rings is 1. The van der Waals surface area contributed by atoms with E-state index in [0.29, 0.717) is 5.82 Å². The molecule has 1 N–H and O–H groups in total. The van der Waals surface area contributed by atoms with E-state index in [0.717, 1.165) is 21.6 Å². The molecule has 1 heterocycles. The van der Waals surface area contributed by atoms with Crippen molar-refractivity contribution in [2.24, 2.45) is 0 Å². The highest BCUT2D eigenvalue weighted by molar-refractivity contribution is 5.53. The van der Waals surface area contributed by atoms with E-state index in [2.05, 4.69) is 10.3 Å². The Labute approximate surface area is 110 Å². The Morgan fingerprint density at radius 3 is 2.84 bits per heavy atom. The third-order valence-electron chi connectivity index (χ3n) is 2.83. The SMILES string of the molecule is COc1ccc(NCc2nccn2C(F)F)c(C)c1. The van der Waals surface area contributed by atoms with Crippen LogP contribution in [0.1, 0.15) is 17.9 Å². The lowest BCUT2D eigenvalue weighted by Gasteiger charge is -2.11. The van der Waals surface area contributed by atoms with E-state index in [1.807, 2.05) is 25.1 Å². The van der Waals surface area contributed by atoms with Gasteiger partial charge >= 0.3 is 6.55 Å². The normalized spacial score (nSPS) is 10.8. The van der Waals surface area contributed by atoms with Crippen LogP contribution >= 0.6 is 0 Å². The smallest absolute Gasteiger partial charge is 0.319 e. The molecule has 102 valence electrons. The van der Waals surface area contributed by atoms with Crippen LogP contribution in [-0.4, -0.2) is 16.7 Å². The first kappa shape index (κ1) is 13.3. The third-order valence-corrected chi connectivity index (χ3v) is 2.83. The van der Waals surface area contributed by atoms with Gasteiger partial charge in [-0.1, -0.05) is 0 Å². The molecule has 0 atom stereocenters. The van der Waals surface area contributed by atoms with E-state index in [1.165, 1.54) is 12.4 Å². The van der Waals surface area contributed by atoms with Gasteiger partial charge in [-0.15, -0.1) is 0 Å². The fourth-order valence-electron chi connectivity index (χ4n) is 1.79. The summed E-state index contributed by atoms with van der Waals surface area (Å²) in [6.45, 7) is -0.411. The summed E-state index contributed by atoms with van der Waals surface area (Å²) >= 11 is 0. The number of halogens is 2. The predicted octanol–water partition coefficient (Wildman–Crippen LogP) is 3.21. The molecule has 0 radical (unpaired) electrons. The van der Waals surface area contributed by atoms with E-state index in [-0.39, 0.29) is 6.54 Å². The van der Waals surface area contributed by atoms with Crippen LogP contribution in [0.5, 0.6) is 5.75 Å². The monoisotopic (exact) mass is 267 g/mol. The van der Waals surface area contributed by atoms with Crippen molar-refractivity contribution in [3.63, 3.8) is 0 Å². The average Bonchev–Trinajstić information content (AvgIpc) is 2.85. The first-order valence-corrected chi connectivity index (χ1v) is 5.80. The average molecular weight is 267 g/mol. The van der Waals surface area contributed by atoms with Crippen molar-refractivity contribution in [2.75, 3.05) is 12.4 Å². The van der Waals surface area contributed by atoms with Crippen molar-refractivity contribution in [3.05, 3.63) is 42.0 Å². The van der Waals surface area contributed by atoms with Crippen molar-refractivity contribution in [2.45, 2.75) is 20.0 Å². The summed E-state index contributed by atoms with van der Waals surface area (Å²) in [5.41, 5.74) is 1.85. The maximum Gasteiger partial charge on any atom is 0.319 e. The Bertz CT molecular complexity index is 555. The largest absolute Gasteiger partial charge is 0.497 e. The van der Waals surface area contributed by atoms with Gasteiger partial charge in [0.15, 0.2) is 0 Å². The number of anilines is 1. The molecule has 0 aliphatic rings. The van der Waals surface area contributed by atoms with E-state index < -0.39 is 6.55 Å². The van der Waals surface area contributed by atoms with Gasteiger partial charge in [0.2, 0.25) is 0 Å². The summed E-state index contributed by atoms with van der Waals surface area (Å²) in [6, 6.07) is 5.54. The lowest BCUT2D eigenvalue weighted by Crippen LogP contribution is -2.09. The first-order chi connectivity index (χ1) is 9.11. The minimum atomic E-state index is -2.57. The number of benzene rings is 1. The highest BCUT2D eigenvalue weighted by Gasteiger charge is 2.11. The molecule has 2 aromatic rings. The number of aryl methyl sites for hydroxylation is 1. The number of hydrogen-bond donors (Lipinski definition) is 1. The van der Waals surface area contributed by atoms with Crippen LogP contribution < -0.4 is 10.1 Å². The molecule has 0 amide bonds. The molecule has 1 aromatic carbocycles. The van der Waals surface area contributed by atoms with Gasteiger partial charge < -0.3 is 10.1 Å². The zero-order valence-electron chi connectivity index (χ0n) is 10.7. The molecule has 0 saturated heterocycles. The number of hydrogen-bond acceptors (Lipinski definition) is 3. The molecule has 0 spiro atoms. The first-order valence-electron chi connectivity index (χ1n) is 5.80.